The zero-order valence-corrected chi connectivity index (χ0v) is 11.3. The monoisotopic (exact) mass is 256 g/mol. The molecule has 2 heterocycles. The van der Waals surface area contributed by atoms with Crippen molar-refractivity contribution >= 4 is 0 Å². The van der Waals surface area contributed by atoms with Gasteiger partial charge in [0, 0.05) is 45.5 Å². The van der Waals surface area contributed by atoms with Crippen LogP contribution in [0.2, 0.25) is 0 Å². The van der Waals surface area contributed by atoms with E-state index in [1.54, 1.807) is 6.20 Å². The van der Waals surface area contributed by atoms with Crippen LogP contribution >= 0.6 is 0 Å². The number of rotatable bonds is 4. The molecule has 4 nitrogen and oxygen atoms in total. The minimum absolute atomic E-state index is 0.518. The first-order valence-electron chi connectivity index (χ1n) is 7.13. The summed E-state index contributed by atoms with van der Waals surface area (Å²) in [5.74, 6) is 0.991. The summed E-state index contributed by atoms with van der Waals surface area (Å²) in [7, 11) is 0. The Kier molecular flexibility index (Phi) is 3.77. The van der Waals surface area contributed by atoms with E-state index in [1.165, 1.54) is 38.0 Å². The van der Waals surface area contributed by atoms with E-state index in [-0.39, 0.29) is 0 Å². The quantitative estimate of drug-likeness (QED) is 0.818. The van der Waals surface area contributed by atoms with Crippen molar-refractivity contribution in [3.8, 4) is 6.07 Å². The molecule has 2 fully saturated rings. The number of aromatic nitrogens is 1. The van der Waals surface area contributed by atoms with E-state index in [0.29, 0.717) is 5.69 Å². The Morgan fingerprint density at radius 3 is 2.63 bits per heavy atom. The highest BCUT2D eigenvalue weighted by Gasteiger charge is 2.26. The molecule has 1 aliphatic heterocycles. The largest absolute Gasteiger partial charge is 0.301 e. The summed E-state index contributed by atoms with van der Waals surface area (Å²) in [5.41, 5.74) is 1.71. The third-order valence-corrected chi connectivity index (χ3v) is 4.02. The van der Waals surface area contributed by atoms with Crippen LogP contribution in [0.15, 0.2) is 18.3 Å². The van der Waals surface area contributed by atoms with Crippen LogP contribution in [0.4, 0.5) is 0 Å². The molecule has 0 radical (unpaired) electrons. The maximum Gasteiger partial charge on any atom is 0.140 e. The van der Waals surface area contributed by atoms with Gasteiger partial charge in [-0.15, -0.1) is 0 Å². The predicted octanol–water partition coefficient (Wildman–Crippen LogP) is 1.48. The highest BCUT2D eigenvalue weighted by atomic mass is 15.3. The number of pyridine rings is 1. The van der Waals surface area contributed by atoms with Crippen LogP contribution < -0.4 is 0 Å². The fraction of sp³-hybridized carbons (Fsp3) is 0.600. The van der Waals surface area contributed by atoms with Gasteiger partial charge in [-0.25, -0.2) is 4.98 Å². The molecule has 0 spiro atoms. The van der Waals surface area contributed by atoms with Crippen molar-refractivity contribution in [3.05, 3.63) is 29.6 Å². The molecule has 0 bridgehead atoms. The topological polar surface area (TPSA) is 43.2 Å². The summed E-state index contributed by atoms with van der Waals surface area (Å²) >= 11 is 0. The maximum atomic E-state index is 8.86. The lowest BCUT2D eigenvalue weighted by Crippen LogP contribution is -2.46. The van der Waals surface area contributed by atoms with Gasteiger partial charge in [-0.1, -0.05) is 0 Å². The Morgan fingerprint density at radius 1 is 1.21 bits per heavy atom. The van der Waals surface area contributed by atoms with Gasteiger partial charge in [0.15, 0.2) is 0 Å². The third kappa shape index (κ3) is 3.52. The van der Waals surface area contributed by atoms with Crippen molar-refractivity contribution in [3.63, 3.8) is 0 Å². The Bertz CT molecular complexity index is 467. The minimum Gasteiger partial charge on any atom is -0.301 e. The van der Waals surface area contributed by atoms with Gasteiger partial charge in [-0.3, -0.25) is 4.90 Å². The van der Waals surface area contributed by atoms with Crippen LogP contribution in [0.5, 0.6) is 0 Å². The summed E-state index contributed by atoms with van der Waals surface area (Å²) in [6, 6.07) is 6.01. The third-order valence-electron chi connectivity index (χ3n) is 4.02. The van der Waals surface area contributed by atoms with Crippen molar-refractivity contribution in [2.45, 2.75) is 19.4 Å². The van der Waals surface area contributed by atoms with Gasteiger partial charge < -0.3 is 4.90 Å². The maximum absolute atomic E-state index is 8.86. The minimum atomic E-state index is 0.518. The fourth-order valence-corrected chi connectivity index (χ4v) is 2.69. The molecule has 1 aromatic heterocycles. The van der Waals surface area contributed by atoms with Gasteiger partial charge >= 0.3 is 0 Å². The molecular formula is C15H20N4. The van der Waals surface area contributed by atoms with Crippen molar-refractivity contribution in [2.24, 2.45) is 5.92 Å². The first-order chi connectivity index (χ1) is 9.33. The van der Waals surface area contributed by atoms with E-state index in [9.17, 15) is 0 Å². The molecule has 1 saturated carbocycles. The van der Waals surface area contributed by atoms with Gasteiger partial charge in [0.1, 0.15) is 11.8 Å². The molecule has 1 aromatic rings. The van der Waals surface area contributed by atoms with Crippen LogP contribution in [0.25, 0.3) is 0 Å². The number of hydrogen-bond acceptors (Lipinski definition) is 4. The van der Waals surface area contributed by atoms with Gasteiger partial charge in [0.05, 0.1) is 0 Å². The molecule has 1 aliphatic carbocycles. The van der Waals surface area contributed by atoms with Gasteiger partial charge in [-0.2, -0.15) is 5.26 Å². The van der Waals surface area contributed by atoms with Crippen LogP contribution in [0.3, 0.4) is 0 Å². The van der Waals surface area contributed by atoms with Gasteiger partial charge in [0.2, 0.25) is 0 Å². The van der Waals surface area contributed by atoms with E-state index in [2.05, 4.69) is 20.9 Å². The number of hydrogen-bond donors (Lipinski definition) is 0. The second-order valence-corrected chi connectivity index (χ2v) is 5.68. The van der Waals surface area contributed by atoms with E-state index in [1.807, 2.05) is 12.1 Å². The molecule has 19 heavy (non-hydrogen) atoms. The zero-order valence-electron chi connectivity index (χ0n) is 11.3. The van der Waals surface area contributed by atoms with Gasteiger partial charge in [0.25, 0.3) is 0 Å². The molecule has 4 heteroatoms. The lowest BCUT2D eigenvalue weighted by molar-refractivity contribution is 0.123. The van der Waals surface area contributed by atoms with Crippen molar-refractivity contribution < 1.29 is 0 Å². The smallest absolute Gasteiger partial charge is 0.140 e. The molecule has 3 rings (SSSR count). The van der Waals surface area contributed by atoms with Crippen molar-refractivity contribution in [2.75, 3.05) is 32.7 Å². The SMILES string of the molecule is N#Cc1cc(CN2CCN(CC3CC3)CC2)ccn1. The van der Waals surface area contributed by atoms with Crippen LogP contribution in [-0.4, -0.2) is 47.5 Å². The Balaban J connectivity index is 1.49. The fourth-order valence-electron chi connectivity index (χ4n) is 2.69. The number of piperazine rings is 1. The molecule has 1 saturated heterocycles. The van der Waals surface area contributed by atoms with Crippen LogP contribution in [0, 0.1) is 17.2 Å². The Labute approximate surface area is 114 Å². The highest BCUT2D eigenvalue weighted by molar-refractivity contribution is 5.25. The summed E-state index contributed by atoms with van der Waals surface area (Å²) in [5, 5.41) is 8.86. The zero-order chi connectivity index (χ0) is 13.1. The first kappa shape index (κ1) is 12.6. The molecule has 0 amide bonds. The molecule has 0 atom stereocenters. The van der Waals surface area contributed by atoms with E-state index in [4.69, 9.17) is 5.26 Å². The molecule has 100 valence electrons. The van der Waals surface area contributed by atoms with Gasteiger partial charge in [-0.05, 0) is 36.5 Å². The summed E-state index contributed by atoms with van der Waals surface area (Å²) in [4.78, 5) is 9.09. The molecule has 2 aliphatic rings. The first-order valence-corrected chi connectivity index (χ1v) is 7.13. The highest BCUT2D eigenvalue weighted by Crippen LogP contribution is 2.29. The number of nitriles is 1. The molecule has 0 unspecified atom stereocenters. The van der Waals surface area contributed by atoms with Crippen molar-refractivity contribution in [1.29, 1.82) is 5.26 Å². The molecular weight excluding hydrogens is 236 g/mol. The normalized spacial score (nSPS) is 21.2. The predicted molar refractivity (Wildman–Crippen MR) is 73.4 cm³/mol. The molecule has 0 aromatic carbocycles. The average Bonchev–Trinajstić information content (AvgIpc) is 3.25. The lowest BCUT2D eigenvalue weighted by atomic mass is 10.2. The number of nitrogens with zero attached hydrogens (tertiary/aromatic N) is 4. The van der Waals surface area contributed by atoms with E-state index >= 15 is 0 Å². The summed E-state index contributed by atoms with van der Waals surface area (Å²) < 4.78 is 0. The molecule has 0 N–H and O–H groups in total. The summed E-state index contributed by atoms with van der Waals surface area (Å²) in [6.45, 7) is 6.89. The lowest BCUT2D eigenvalue weighted by Gasteiger charge is -2.34. The van der Waals surface area contributed by atoms with Crippen molar-refractivity contribution in [1.82, 2.24) is 14.8 Å². The summed E-state index contributed by atoms with van der Waals surface area (Å²) in [6.07, 6.45) is 4.61. The second kappa shape index (κ2) is 5.68. The van der Waals surface area contributed by atoms with E-state index in [0.717, 1.165) is 25.6 Å². The standard InChI is InChI=1S/C15H20N4/c16-10-15-9-14(3-4-17-15)12-19-7-5-18(6-8-19)11-13-1-2-13/h3-4,9,13H,1-2,5-8,11-12H2. The average molecular weight is 256 g/mol. The second-order valence-electron chi connectivity index (χ2n) is 5.68. The Hall–Kier alpha value is -1.44. The van der Waals surface area contributed by atoms with Crippen LogP contribution in [0.1, 0.15) is 24.1 Å². The van der Waals surface area contributed by atoms with E-state index < -0.39 is 0 Å². The van der Waals surface area contributed by atoms with Crippen LogP contribution in [-0.2, 0) is 6.54 Å². The Morgan fingerprint density at radius 2 is 1.95 bits per heavy atom.